The highest BCUT2D eigenvalue weighted by Crippen LogP contribution is 2.39. The Morgan fingerprint density at radius 1 is 1.00 bits per heavy atom. The molecule has 2 rings (SSSR count). The molecule has 0 saturated heterocycles. The molecule has 0 spiro atoms. The maximum absolute atomic E-state index is 12.3. The van der Waals surface area contributed by atoms with Crippen LogP contribution in [0, 0.1) is 0 Å². The molecule has 164 valence electrons. The largest absolute Gasteiger partial charge is 0.493 e. The van der Waals surface area contributed by atoms with Crippen LogP contribution in [0.2, 0.25) is 0 Å². The number of methoxy groups -OCH3 is 3. The third-order valence-corrected chi connectivity index (χ3v) is 4.63. The van der Waals surface area contributed by atoms with Crippen LogP contribution in [-0.4, -0.2) is 52.4 Å². The van der Waals surface area contributed by atoms with E-state index in [-0.39, 0.29) is 17.1 Å². The number of urea groups is 1. The Kier molecular flexibility index (Phi) is 8.99. The molecule has 30 heavy (non-hydrogen) atoms. The van der Waals surface area contributed by atoms with Gasteiger partial charge < -0.3 is 24.3 Å². The fraction of sp³-hybridized carbons (Fsp3) is 0.476. The SMILES string of the molecule is COc1ccc(C(=O)OCC(=O)NC(=O)NCCC2=CCCCC2)c(OC)c1OC. The number of ether oxygens (including phenoxy) is 4. The van der Waals surface area contributed by atoms with Crippen molar-refractivity contribution >= 4 is 17.9 Å². The van der Waals surface area contributed by atoms with E-state index < -0.39 is 24.5 Å². The quantitative estimate of drug-likeness (QED) is 0.466. The standard InChI is InChI=1S/C21H28N2O7/c1-27-16-10-9-15(18(28-2)19(16)29-3)20(25)30-13-17(24)23-21(26)22-12-11-14-7-5-4-6-8-14/h7,9-10H,4-6,8,11-13H2,1-3H3,(H2,22,23,24,26). The monoisotopic (exact) mass is 420 g/mol. The number of benzene rings is 1. The van der Waals surface area contributed by atoms with Gasteiger partial charge in [-0.3, -0.25) is 10.1 Å². The van der Waals surface area contributed by atoms with Crippen molar-refractivity contribution in [3.8, 4) is 17.2 Å². The fourth-order valence-corrected chi connectivity index (χ4v) is 3.15. The number of hydrogen-bond acceptors (Lipinski definition) is 7. The number of carbonyl (C=O) groups is 3. The number of rotatable bonds is 9. The lowest BCUT2D eigenvalue weighted by molar-refractivity contribution is -0.123. The van der Waals surface area contributed by atoms with Crippen LogP contribution < -0.4 is 24.8 Å². The number of esters is 1. The van der Waals surface area contributed by atoms with Gasteiger partial charge in [-0.1, -0.05) is 11.6 Å². The van der Waals surface area contributed by atoms with Crippen molar-refractivity contribution in [2.24, 2.45) is 0 Å². The topological polar surface area (TPSA) is 112 Å². The van der Waals surface area contributed by atoms with Gasteiger partial charge in [0, 0.05) is 6.54 Å². The van der Waals surface area contributed by atoms with Gasteiger partial charge in [-0.15, -0.1) is 0 Å². The summed E-state index contributed by atoms with van der Waals surface area (Å²) in [6.07, 6.45) is 7.48. The highest BCUT2D eigenvalue weighted by atomic mass is 16.5. The Bertz CT molecular complexity index is 805. The number of nitrogens with one attached hydrogen (secondary N) is 2. The van der Waals surface area contributed by atoms with E-state index in [2.05, 4.69) is 16.7 Å². The Morgan fingerprint density at radius 2 is 1.77 bits per heavy atom. The Labute approximate surface area is 175 Å². The minimum absolute atomic E-state index is 0.0631. The lowest BCUT2D eigenvalue weighted by Gasteiger charge is -2.15. The maximum Gasteiger partial charge on any atom is 0.342 e. The molecule has 9 nitrogen and oxygen atoms in total. The average molecular weight is 420 g/mol. The molecule has 0 atom stereocenters. The molecule has 1 aliphatic rings. The molecule has 1 aliphatic carbocycles. The third-order valence-electron chi connectivity index (χ3n) is 4.63. The second kappa shape index (κ2) is 11.7. The van der Waals surface area contributed by atoms with Crippen molar-refractivity contribution in [1.82, 2.24) is 10.6 Å². The van der Waals surface area contributed by atoms with E-state index in [0.717, 1.165) is 19.3 Å². The molecule has 0 aromatic heterocycles. The average Bonchev–Trinajstić information content (AvgIpc) is 2.76. The van der Waals surface area contributed by atoms with Crippen molar-refractivity contribution in [3.63, 3.8) is 0 Å². The molecule has 1 aromatic rings. The van der Waals surface area contributed by atoms with Crippen LogP contribution in [0.5, 0.6) is 17.2 Å². The van der Waals surface area contributed by atoms with Crippen molar-refractivity contribution in [2.75, 3.05) is 34.5 Å². The lowest BCUT2D eigenvalue weighted by Crippen LogP contribution is -2.41. The van der Waals surface area contributed by atoms with Gasteiger partial charge in [0.25, 0.3) is 5.91 Å². The smallest absolute Gasteiger partial charge is 0.342 e. The van der Waals surface area contributed by atoms with E-state index >= 15 is 0 Å². The number of imide groups is 1. The maximum atomic E-state index is 12.3. The first-order chi connectivity index (χ1) is 14.5. The predicted octanol–water partition coefficient (Wildman–Crippen LogP) is 2.59. The highest BCUT2D eigenvalue weighted by Gasteiger charge is 2.22. The van der Waals surface area contributed by atoms with Crippen molar-refractivity contribution in [1.29, 1.82) is 0 Å². The number of hydrogen-bond donors (Lipinski definition) is 2. The minimum atomic E-state index is -0.799. The second-order valence-electron chi connectivity index (χ2n) is 6.62. The third kappa shape index (κ3) is 6.40. The van der Waals surface area contributed by atoms with Gasteiger partial charge >= 0.3 is 12.0 Å². The minimum Gasteiger partial charge on any atom is -0.493 e. The lowest BCUT2D eigenvalue weighted by atomic mass is 9.97. The summed E-state index contributed by atoms with van der Waals surface area (Å²) >= 11 is 0. The molecule has 1 aromatic carbocycles. The van der Waals surface area contributed by atoms with Gasteiger partial charge in [0.2, 0.25) is 5.75 Å². The molecule has 0 fully saturated rings. The second-order valence-corrected chi connectivity index (χ2v) is 6.62. The van der Waals surface area contributed by atoms with E-state index in [4.69, 9.17) is 18.9 Å². The first-order valence-electron chi connectivity index (χ1n) is 9.71. The Balaban J connectivity index is 1.82. The first-order valence-corrected chi connectivity index (χ1v) is 9.71. The van der Waals surface area contributed by atoms with E-state index in [1.807, 2.05) is 0 Å². The zero-order valence-corrected chi connectivity index (χ0v) is 17.5. The molecule has 9 heteroatoms. The summed E-state index contributed by atoms with van der Waals surface area (Å²) in [5, 5.41) is 4.76. The van der Waals surface area contributed by atoms with Gasteiger partial charge in [0.05, 0.1) is 21.3 Å². The van der Waals surface area contributed by atoms with Crippen LogP contribution in [-0.2, 0) is 9.53 Å². The molecule has 0 heterocycles. The molecule has 0 aliphatic heterocycles. The first kappa shape index (κ1) is 23.1. The summed E-state index contributed by atoms with van der Waals surface area (Å²) in [5.74, 6) is -0.808. The molecular weight excluding hydrogens is 392 g/mol. The summed E-state index contributed by atoms with van der Waals surface area (Å²) in [5.41, 5.74) is 1.39. The van der Waals surface area contributed by atoms with Gasteiger partial charge in [-0.2, -0.15) is 0 Å². The molecule has 0 radical (unpaired) electrons. The van der Waals surface area contributed by atoms with Crippen LogP contribution in [0.1, 0.15) is 42.5 Å². The fourth-order valence-electron chi connectivity index (χ4n) is 3.15. The van der Waals surface area contributed by atoms with Gasteiger partial charge in [0.15, 0.2) is 18.1 Å². The molecule has 0 unspecified atom stereocenters. The van der Waals surface area contributed by atoms with E-state index in [0.29, 0.717) is 12.3 Å². The molecule has 3 amide bonds. The molecular formula is C21H28N2O7. The van der Waals surface area contributed by atoms with Crippen LogP contribution in [0.3, 0.4) is 0 Å². The normalized spacial score (nSPS) is 13.0. The Morgan fingerprint density at radius 3 is 2.40 bits per heavy atom. The Hall–Kier alpha value is -3.23. The summed E-state index contributed by atoms with van der Waals surface area (Å²) < 4.78 is 20.6. The van der Waals surface area contributed by atoms with E-state index in [1.165, 1.54) is 51.9 Å². The molecule has 2 N–H and O–H groups in total. The van der Waals surface area contributed by atoms with Crippen LogP contribution >= 0.6 is 0 Å². The van der Waals surface area contributed by atoms with Crippen LogP contribution in [0.4, 0.5) is 4.79 Å². The summed E-state index contributed by atoms with van der Waals surface area (Å²) in [7, 11) is 4.23. The van der Waals surface area contributed by atoms with E-state index in [9.17, 15) is 14.4 Å². The molecule has 0 bridgehead atoms. The van der Waals surface area contributed by atoms with Gasteiger partial charge in [0.1, 0.15) is 5.56 Å². The molecule has 0 saturated carbocycles. The number of allylic oxidation sites excluding steroid dienone is 1. The summed E-state index contributed by atoms with van der Waals surface area (Å²) in [6.45, 7) is -0.178. The van der Waals surface area contributed by atoms with Gasteiger partial charge in [-0.25, -0.2) is 9.59 Å². The summed E-state index contributed by atoms with van der Waals surface area (Å²) in [6, 6.07) is 2.33. The predicted molar refractivity (Wildman–Crippen MR) is 109 cm³/mol. The summed E-state index contributed by atoms with van der Waals surface area (Å²) in [4.78, 5) is 36.1. The zero-order valence-electron chi connectivity index (χ0n) is 17.5. The number of amides is 3. The van der Waals surface area contributed by atoms with Gasteiger partial charge in [-0.05, 0) is 44.2 Å². The van der Waals surface area contributed by atoms with Crippen molar-refractivity contribution in [3.05, 3.63) is 29.3 Å². The van der Waals surface area contributed by atoms with Crippen molar-refractivity contribution in [2.45, 2.75) is 32.1 Å². The number of carbonyl (C=O) groups excluding carboxylic acids is 3. The van der Waals surface area contributed by atoms with E-state index in [1.54, 1.807) is 0 Å². The van der Waals surface area contributed by atoms with Crippen LogP contribution in [0.25, 0.3) is 0 Å². The highest BCUT2D eigenvalue weighted by molar-refractivity contribution is 5.98. The zero-order chi connectivity index (χ0) is 21.9. The van der Waals surface area contributed by atoms with Crippen LogP contribution in [0.15, 0.2) is 23.8 Å². The van der Waals surface area contributed by atoms with Crippen molar-refractivity contribution < 1.29 is 33.3 Å².